The van der Waals surface area contributed by atoms with E-state index in [2.05, 4.69) is 13.1 Å². The molecule has 0 N–H and O–H groups in total. The van der Waals surface area contributed by atoms with Crippen LogP contribution in [0.5, 0.6) is 0 Å². The molecule has 2 aliphatic rings. The minimum absolute atomic E-state index is 0.216. The SMILES string of the molecule is CS/N=c1/oc2nsnc(Cl)c-2c1C#N. The lowest BCUT2D eigenvalue weighted by atomic mass is 10.2. The second-order valence-corrected chi connectivity index (χ2v) is 3.84. The zero-order chi connectivity index (χ0) is 10.8. The summed E-state index contributed by atoms with van der Waals surface area (Å²) in [5.74, 6) is 0.296. The second-order valence-electron chi connectivity index (χ2n) is 2.40. The Morgan fingerprint density at radius 3 is 3.07 bits per heavy atom. The van der Waals surface area contributed by atoms with Crippen LogP contribution in [0.2, 0.25) is 5.15 Å². The van der Waals surface area contributed by atoms with Crippen LogP contribution >= 0.6 is 35.3 Å². The minimum atomic E-state index is 0.216. The average Bonchev–Trinajstić information content (AvgIpc) is 2.57. The van der Waals surface area contributed by atoms with Crippen molar-refractivity contribution in [1.82, 2.24) is 8.75 Å². The maximum atomic E-state index is 8.97. The summed E-state index contributed by atoms with van der Waals surface area (Å²) in [6.45, 7) is 0. The topological polar surface area (TPSA) is 75.1 Å². The summed E-state index contributed by atoms with van der Waals surface area (Å²) in [4.78, 5) is 0. The van der Waals surface area contributed by atoms with E-state index in [9.17, 15) is 0 Å². The molecule has 5 nitrogen and oxygen atoms in total. The van der Waals surface area contributed by atoms with Crippen molar-refractivity contribution in [2.75, 3.05) is 6.26 Å². The van der Waals surface area contributed by atoms with Gasteiger partial charge in [-0.15, -0.1) is 4.37 Å². The lowest BCUT2D eigenvalue weighted by Crippen LogP contribution is -1.98. The molecule has 0 aromatic heterocycles. The van der Waals surface area contributed by atoms with Crippen LogP contribution in [-0.2, 0) is 0 Å². The Kier molecular flexibility index (Phi) is 2.90. The number of nitriles is 1. The first kappa shape index (κ1) is 10.4. The molecule has 0 spiro atoms. The molecule has 0 aliphatic carbocycles. The fourth-order valence-electron chi connectivity index (χ4n) is 1.05. The van der Waals surface area contributed by atoms with Crippen LogP contribution in [0.1, 0.15) is 5.56 Å². The van der Waals surface area contributed by atoms with E-state index in [0.29, 0.717) is 11.5 Å². The number of aromatic nitrogens is 2. The van der Waals surface area contributed by atoms with Crippen molar-refractivity contribution in [1.29, 1.82) is 5.26 Å². The van der Waals surface area contributed by atoms with Gasteiger partial charge in [-0.1, -0.05) is 11.6 Å². The van der Waals surface area contributed by atoms with E-state index in [4.69, 9.17) is 21.3 Å². The van der Waals surface area contributed by atoms with Gasteiger partial charge < -0.3 is 4.42 Å². The second kappa shape index (κ2) is 4.18. The van der Waals surface area contributed by atoms with E-state index >= 15 is 0 Å². The van der Waals surface area contributed by atoms with Gasteiger partial charge in [0.25, 0.3) is 0 Å². The highest BCUT2D eigenvalue weighted by Gasteiger charge is 2.22. The molecule has 0 atom stereocenters. The molecule has 2 rings (SSSR count). The molecule has 2 heterocycles. The van der Waals surface area contributed by atoms with E-state index in [1.54, 1.807) is 6.26 Å². The first-order valence-corrected chi connectivity index (χ1v) is 5.99. The van der Waals surface area contributed by atoms with Gasteiger partial charge in [-0.05, 0) is 11.9 Å². The van der Waals surface area contributed by atoms with E-state index in [-0.39, 0.29) is 16.3 Å². The summed E-state index contributed by atoms with van der Waals surface area (Å²) in [5, 5.41) is 9.18. The standard InChI is InChI=1S/C7H3ClN4OS2/c1-14-11-6-3(2-9)4-5(8)10-15-12-7(4)13-6/h1H3/b11-6+. The molecule has 76 valence electrons. The lowest BCUT2D eigenvalue weighted by Gasteiger charge is -1.93. The minimum Gasteiger partial charge on any atom is -0.417 e. The van der Waals surface area contributed by atoms with Gasteiger partial charge in [0.1, 0.15) is 11.6 Å². The quantitative estimate of drug-likeness (QED) is 0.731. The molecule has 15 heavy (non-hydrogen) atoms. The number of hydrogen-bond acceptors (Lipinski definition) is 7. The van der Waals surface area contributed by atoms with Crippen molar-refractivity contribution in [3.05, 3.63) is 16.3 Å². The molecule has 0 radical (unpaired) electrons. The Morgan fingerprint density at radius 2 is 2.40 bits per heavy atom. The van der Waals surface area contributed by atoms with Gasteiger partial charge >= 0.3 is 0 Å². The fraction of sp³-hybridized carbons (Fsp3) is 0.143. The highest BCUT2D eigenvalue weighted by molar-refractivity contribution is 7.97. The van der Waals surface area contributed by atoms with E-state index in [1.807, 2.05) is 6.07 Å². The summed E-state index contributed by atoms with van der Waals surface area (Å²) in [7, 11) is 0. The molecular weight excluding hydrogens is 256 g/mol. The van der Waals surface area contributed by atoms with Crippen molar-refractivity contribution in [2.24, 2.45) is 4.40 Å². The first-order chi connectivity index (χ1) is 7.27. The predicted molar refractivity (Wildman–Crippen MR) is 57.6 cm³/mol. The number of fused-ring (bicyclic) bond motifs is 1. The largest absolute Gasteiger partial charge is 0.417 e. The van der Waals surface area contributed by atoms with Crippen LogP contribution in [0.3, 0.4) is 0 Å². The molecule has 0 fully saturated rings. The molecule has 0 bridgehead atoms. The van der Waals surface area contributed by atoms with Gasteiger partial charge in [-0.2, -0.15) is 14.0 Å². The molecule has 2 aliphatic heterocycles. The third-order valence-electron chi connectivity index (χ3n) is 1.61. The highest BCUT2D eigenvalue weighted by atomic mass is 35.5. The molecule has 0 aromatic rings. The molecule has 0 saturated heterocycles. The summed E-state index contributed by atoms with van der Waals surface area (Å²) < 4.78 is 17.0. The number of hydrogen-bond donors (Lipinski definition) is 0. The van der Waals surface area contributed by atoms with Gasteiger partial charge in [0, 0.05) is 6.26 Å². The monoisotopic (exact) mass is 258 g/mol. The van der Waals surface area contributed by atoms with Gasteiger partial charge in [-0.3, -0.25) is 0 Å². The Balaban J connectivity index is 2.87. The van der Waals surface area contributed by atoms with Gasteiger partial charge in [0.2, 0.25) is 11.4 Å². The van der Waals surface area contributed by atoms with Crippen molar-refractivity contribution >= 4 is 35.3 Å². The average molecular weight is 259 g/mol. The summed E-state index contributed by atoms with van der Waals surface area (Å²) in [6.07, 6.45) is 1.77. The van der Waals surface area contributed by atoms with Crippen molar-refractivity contribution < 1.29 is 4.42 Å². The van der Waals surface area contributed by atoms with Gasteiger partial charge in [0.15, 0.2) is 5.15 Å². The fourth-order valence-corrected chi connectivity index (χ4v) is 2.02. The Labute approximate surface area is 98.2 Å². The highest BCUT2D eigenvalue weighted by Crippen LogP contribution is 2.29. The normalized spacial score (nSPS) is 11.9. The van der Waals surface area contributed by atoms with E-state index in [1.165, 1.54) is 11.9 Å². The molecule has 0 aromatic carbocycles. The number of halogens is 1. The summed E-state index contributed by atoms with van der Waals surface area (Å²) >= 11 is 7.98. The Bertz CT molecular complexity index is 569. The van der Waals surface area contributed by atoms with Crippen LogP contribution < -0.4 is 5.55 Å². The Hall–Kier alpha value is -1.10. The summed E-state index contributed by atoms with van der Waals surface area (Å²) in [6, 6.07) is 1.98. The van der Waals surface area contributed by atoms with E-state index in [0.717, 1.165) is 11.7 Å². The third-order valence-corrected chi connectivity index (χ3v) is 2.84. The lowest BCUT2D eigenvalue weighted by molar-refractivity contribution is 0.522. The summed E-state index contributed by atoms with van der Waals surface area (Å²) in [5.41, 5.74) is 0.928. The molecule has 0 saturated carbocycles. The molecule has 0 unspecified atom stereocenters. The molecule has 8 heteroatoms. The van der Waals surface area contributed by atoms with Crippen LogP contribution in [0.4, 0.5) is 0 Å². The zero-order valence-corrected chi connectivity index (χ0v) is 9.78. The molecular formula is C7H3ClN4OS2. The van der Waals surface area contributed by atoms with Crippen LogP contribution in [0, 0.1) is 11.3 Å². The Morgan fingerprint density at radius 1 is 1.60 bits per heavy atom. The van der Waals surface area contributed by atoms with Crippen LogP contribution in [0.15, 0.2) is 8.81 Å². The van der Waals surface area contributed by atoms with Gasteiger partial charge in [0.05, 0.1) is 17.3 Å². The maximum absolute atomic E-state index is 8.97. The number of nitrogens with zero attached hydrogens (tertiary/aromatic N) is 4. The molecule has 0 amide bonds. The number of rotatable bonds is 1. The smallest absolute Gasteiger partial charge is 0.247 e. The van der Waals surface area contributed by atoms with Crippen LogP contribution in [-0.4, -0.2) is 15.0 Å². The first-order valence-electron chi connectivity index (χ1n) is 3.70. The van der Waals surface area contributed by atoms with Gasteiger partial charge in [-0.25, -0.2) is 0 Å². The van der Waals surface area contributed by atoms with Crippen molar-refractivity contribution in [3.8, 4) is 17.5 Å². The third kappa shape index (κ3) is 1.71. The predicted octanol–water partition coefficient (Wildman–Crippen LogP) is 1.94. The zero-order valence-electron chi connectivity index (χ0n) is 7.39. The maximum Gasteiger partial charge on any atom is 0.247 e. The van der Waals surface area contributed by atoms with Crippen molar-refractivity contribution in [3.63, 3.8) is 0 Å². The number of furan rings is 1. The van der Waals surface area contributed by atoms with Crippen LogP contribution in [0.25, 0.3) is 11.5 Å². The van der Waals surface area contributed by atoms with Crippen molar-refractivity contribution in [2.45, 2.75) is 0 Å². The van der Waals surface area contributed by atoms with E-state index < -0.39 is 0 Å².